The third kappa shape index (κ3) is 3.23. The van der Waals surface area contributed by atoms with Gasteiger partial charge in [0.25, 0.3) is 0 Å². The van der Waals surface area contributed by atoms with Crippen molar-refractivity contribution in [3.63, 3.8) is 0 Å². The molecule has 0 aromatic rings. The topological polar surface area (TPSA) is 44.1 Å². The van der Waals surface area contributed by atoms with Crippen LogP contribution in [0, 0.1) is 29.1 Å². The van der Waals surface area contributed by atoms with E-state index in [1.807, 2.05) is 32.6 Å². The Balaban J connectivity index is 2.68. The van der Waals surface area contributed by atoms with E-state index in [4.69, 9.17) is 5.26 Å². The third-order valence-corrected chi connectivity index (χ3v) is 3.13. The molecule has 0 heterocycles. The summed E-state index contributed by atoms with van der Waals surface area (Å²) in [5.41, 5.74) is 0. The van der Waals surface area contributed by atoms with Crippen LogP contribution in [0.25, 0.3) is 0 Å². The van der Waals surface area contributed by atoms with Crippen molar-refractivity contribution in [3.8, 4) is 6.07 Å². The fourth-order valence-electron chi connectivity index (χ4n) is 1.80. The van der Waals surface area contributed by atoms with Crippen molar-refractivity contribution in [2.24, 2.45) is 17.8 Å². The smallest absolute Gasteiger partial charge is 0.240 e. The summed E-state index contributed by atoms with van der Waals surface area (Å²) < 4.78 is 0. The monoisotopic (exact) mass is 222 g/mol. The van der Waals surface area contributed by atoms with Gasteiger partial charge in [0.05, 0.1) is 6.07 Å². The minimum absolute atomic E-state index is 0.0133. The van der Waals surface area contributed by atoms with Crippen LogP contribution in [0.2, 0.25) is 0 Å². The molecule has 3 nitrogen and oxygen atoms in total. The highest BCUT2D eigenvalue weighted by Gasteiger charge is 2.32. The average molecular weight is 222 g/mol. The highest BCUT2D eigenvalue weighted by molar-refractivity contribution is 5.81. The molecule has 0 aromatic carbocycles. The molecule has 0 spiro atoms. The normalized spacial score (nSPS) is 17.3. The summed E-state index contributed by atoms with van der Waals surface area (Å²) in [5, 5.41) is 9.05. The summed E-state index contributed by atoms with van der Waals surface area (Å²) in [6, 6.07) is 2.34. The first-order valence-corrected chi connectivity index (χ1v) is 6.17. The van der Waals surface area contributed by atoms with Crippen LogP contribution >= 0.6 is 0 Å². The maximum Gasteiger partial charge on any atom is 0.240 e. The maximum absolute atomic E-state index is 12.2. The molecule has 1 atom stereocenters. The van der Waals surface area contributed by atoms with E-state index < -0.39 is 5.92 Å². The highest BCUT2D eigenvalue weighted by Crippen LogP contribution is 2.31. The number of hydrogen-bond acceptors (Lipinski definition) is 2. The molecule has 0 radical (unpaired) electrons. The number of carbonyl (C=O) groups excluding carboxylic acids is 1. The summed E-state index contributed by atoms with van der Waals surface area (Å²) in [7, 11) is 0. The van der Waals surface area contributed by atoms with Crippen molar-refractivity contribution >= 4 is 5.91 Å². The first kappa shape index (κ1) is 13.0. The molecule has 0 aliphatic heterocycles. The number of carbonyl (C=O) groups is 1. The Labute approximate surface area is 98.4 Å². The van der Waals surface area contributed by atoms with E-state index in [1.165, 1.54) is 12.8 Å². The highest BCUT2D eigenvalue weighted by atomic mass is 16.2. The lowest BCUT2D eigenvalue weighted by Gasteiger charge is -2.29. The van der Waals surface area contributed by atoms with Crippen LogP contribution in [-0.2, 0) is 4.79 Å². The molecule has 1 aliphatic carbocycles. The first-order chi connectivity index (χ1) is 7.47. The Morgan fingerprint density at radius 2 is 1.94 bits per heavy atom. The fraction of sp³-hybridized carbons (Fsp3) is 0.846. The number of nitrogens with zero attached hydrogens (tertiary/aromatic N) is 2. The molecule has 1 unspecified atom stereocenters. The van der Waals surface area contributed by atoms with Crippen molar-refractivity contribution in [2.75, 3.05) is 6.54 Å². The van der Waals surface area contributed by atoms with Crippen molar-refractivity contribution in [1.82, 2.24) is 4.90 Å². The molecule has 16 heavy (non-hydrogen) atoms. The van der Waals surface area contributed by atoms with E-state index >= 15 is 0 Å². The minimum atomic E-state index is -0.485. The van der Waals surface area contributed by atoms with E-state index in [-0.39, 0.29) is 17.9 Å². The molecule has 1 aliphatic rings. The second kappa shape index (κ2) is 5.34. The predicted molar refractivity (Wildman–Crippen MR) is 63.5 cm³/mol. The number of hydrogen-bond donors (Lipinski definition) is 0. The van der Waals surface area contributed by atoms with Crippen molar-refractivity contribution in [1.29, 1.82) is 5.26 Å². The lowest BCUT2D eigenvalue weighted by atomic mass is 9.95. The van der Waals surface area contributed by atoms with Gasteiger partial charge < -0.3 is 4.90 Å². The molecule has 0 saturated heterocycles. The molecule has 1 saturated carbocycles. The molecule has 90 valence electrons. The molecule has 3 heteroatoms. The largest absolute Gasteiger partial charge is 0.339 e. The summed E-state index contributed by atoms with van der Waals surface area (Å²) in [5.74, 6) is 0.302. The van der Waals surface area contributed by atoms with Crippen molar-refractivity contribution in [2.45, 2.75) is 46.6 Å². The van der Waals surface area contributed by atoms with Gasteiger partial charge in [0.1, 0.15) is 5.92 Å². The Bertz CT molecular complexity index is 287. The van der Waals surface area contributed by atoms with Gasteiger partial charge in [-0.2, -0.15) is 5.26 Å². The number of rotatable bonds is 5. The summed E-state index contributed by atoms with van der Waals surface area (Å²) in [6.07, 6.45) is 2.46. The molecule has 0 N–H and O–H groups in total. The van der Waals surface area contributed by atoms with Crippen LogP contribution in [-0.4, -0.2) is 23.4 Å². The SMILES string of the molecule is CC(C)C(C#N)C(=O)N(CC1CC1)C(C)C. The van der Waals surface area contributed by atoms with E-state index in [9.17, 15) is 4.79 Å². The Kier molecular flexibility index (Phi) is 4.35. The van der Waals surface area contributed by atoms with E-state index in [1.54, 1.807) is 0 Å². The molecular weight excluding hydrogens is 200 g/mol. The third-order valence-electron chi connectivity index (χ3n) is 3.13. The van der Waals surface area contributed by atoms with Crippen LogP contribution < -0.4 is 0 Å². The fourth-order valence-corrected chi connectivity index (χ4v) is 1.80. The lowest BCUT2D eigenvalue weighted by molar-refractivity contribution is -0.136. The number of nitriles is 1. The summed E-state index contributed by atoms with van der Waals surface area (Å²) in [4.78, 5) is 14.1. The standard InChI is InChI=1S/C13H22N2O/c1-9(2)12(7-14)13(16)15(10(3)4)8-11-5-6-11/h9-12H,5-6,8H2,1-4H3. The Morgan fingerprint density at radius 3 is 2.25 bits per heavy atom. The van der Waals surface area contributed by atoms with Gasteiger partial charge in [0, 0.05) is 12.6 Å². The van der Waals surface area contributed by atoms with Crippen molar-refractivity contribution in [3.05, 3.63) is 0 Å². The second-order valence-electron chi connectivity index (χ2n) is 5.38. The molecule has 1 amide bonds. The lowest BCUT2D eigenvalue weighted by Crippen LogP contribution is -2.43. The number of amides is 1. The molecule has 1 fully saturated rings. The van der Waals surface area contributed by atoms with E-state index in [0.29, 0.717) is 5.92 Å². The quantitative estimate of drug-likeness (QED) is 0.717. The summed E-state index contributed by atoms with van der Waals surface area (Å²) in [6.45, 7) is 8.74. The van der Waals surface area contributed by atoms with Gasteiger partial charge >= 0.3 is 0 Å². The van der Waals surface area contributed by atoms with Gasteiger partial charge in [0.15, 0.2) is 0 Å². The predicted octanol–water partition coefficient (Wildman–Crippen LogP) is 2.43. The minimum Gasteiger partial charge on any atom is -0.339 e. The van der Waals surface area contributed by atoms with E-state index in [2.05, 4.69) is 6.07 Å². The Hall–Kier alpha value is -1.04. The molecule has 0 aromatic heterocycles. The Morgan fingerprint density at radius 1 is 1.38 bits per heavy atom. The second-order valence-corrected chi connectivity index (χ2v) is 5.38. The average Bonchev–Trinajstić information content (AvgIpc) is 2.97. The first-order valence-electron chi connectivity index (χ1n) is 6.17. The van der Waals surface area contributed by atoms with Crippen LogP contribution in [0.4, 0.5) is 0 Å². The van der Waals surface area contributed by atoms with Gasteiger partial charge in [0.2, 0.25) is 5.91 Å². The molecular formula is C13H22N2O. The van der Waals surface area contributed by atoms with Crippen molar-refractivity contribution < 1.29 is 4.79 Å². The maximum atomic E-state index is 12.2. The van der Waals surface area contributed by atoms with Crippen LogP contribution in [0.1, 0.15) is 40.5 Å². The van der Waals surface area contributed by atoms with Crippen LogP contribution in [0.3, 0.4) is 0 Å². The molecule has 0 bridgehead atoms. The van der Waals surface area contributed by atoms with Crippen LogP contribution in [0.15, 0.2) is 0 Å². The van der Waals surface area contributed by atoms with E-state index in [0.717, 1.165) is 6.54 Å². The zero-order valence-corrected chi connectivity index (χ0v) is 10.7. The zero-order chi connectivity index (χ0) is 12.3. The van der Waals surface area contributed by atoms with Gasteiger partial charge in [-0.25, -0.2) is 0 Å². The molecule has 1 rings (SSSR count). The van der Waals surface area contributed by atoms with Crippen LogP contribution in [0.5, 0.6) is 0 Å². The van der Waals surface area contributed by atoms with Gasteiger partial charge in [-0.15, -0.1) is 0 Å². The van der Waals surface area contributed by atoms with Gasteiger partial charge in [-0.05, 0) is 38.5 Å². The zero-order valence-electron chi connectivity index (χ0n) is 10.7. The summed E-state index contributed by atoms with van der Waals surface area (Å²) >= 11 is 0. The van der Waals surface area contributed by atoms with Gasteiger partial charge in [-0.3, -0.25) is 4.79 Å². The van der Waals surface area contributed by atoms with Gasteiger partial charge in [-0.1, -0.05) is 13.8 Å².